The van der Waals surface area contributed by atoms with Crippen molar-refractivity contribution in [3.05, 3.63) is 36.4 Å². The standard InChI is InChI=1S/C11H12OS3/c1-2-9-5-3-4-6-11(9)14-15-13-8-10-7-12-10/h2-6,10H,1,7-8H2. The molecule has 15 heavy (non-hydrogen) atoms. The lowest BCUT2D eigenvalue weighted by Gasteiger charge is -2.03. The van der Waals surface area contributed by atoms with E-state index >= 15 is 0 Å². The van der Waals surface area contributed by atoms with Crippen molar-refractivity contribution in [2.75, 3.05) is 12.4 Å². The van der Waals surface area contributed by atoms with Crippen molar-refractivity contribution in [3.8, 4) is 0 Å². The molecule has 1 aliphatic heterocycles. The second-order valence-electron chi connectivity index (χ2n) is 3.13. The number of ether oxygens (including phenoxy) is 1. The largest absolute Gasteiger partial charge is 0.372 e. The van der Waals surface area contributed by atoms with Crippen molar-refractivity contribution in [2.45, 2.75) is 11.0 Å². The summed E-state index contributed by atoms with van der Waals surface area (Å²) in [5.74, 6) is 1.09. The quantitative estimate of drug-likeness (QED) is 0.431. The Morgan fingerprint density at radius 3 is 3.00 bits per heavy atom. The van der Waals surface area contributed by atoms with Gasteiger partial charge in [0.15, 0.2) is 0 Å². The van der Waals surface area contributed by atoms with E-state index in [0.29, 0.717) is 6.10 Å². The molecule has 0 radical (unpaired) electrons. The van der Waals surface area contributed by atoms with Gasteiger partial charge in [0.2, 0.25) is 0 Å². The van der Waals surface area contributed by atoms with E-state index in [4.69, 9.17) is 4.74 Å². The lowest BCUT2D eigenvalue weighted by atomic mass is 10.2. The first-order chi connectivity index (χ1) is 7.40. The molecule has 80 valence electrons. The third kappa shape index (κ3) is 3.79. The van der Waals surface area contributed by atoms with Crippen LogP contribution in [0.4, 0.5) is 0 Å². The molecule has 0 aromatic heterocycles. The summed E-state index contributed by atoms with van der Waals surface area (Å²) in [6, 6.07) is 8.31. The van der Waals surface area contributed by atoms with Gasteiger partial charge in [0.05, 0.1) is 12.7 Å². The molecule has 0 bridgehead atoms. The molecule has 1 aliphatic rings. The van der Waals surface area contributed by atoms with E-state index in [1.54, 1.807) is 10.8 Å². The second kappa shape index (κ2) is 5.89. The average Bonchev–Trinajstić information content (AvgIpc) is 3.09. The molecule has 1 saturated heterocycles. The van der Waals surface area contributed by atoms with Gasteiger partial charge < -0.3 is 4.74 Å². The maximum atomic E-state index is 5.15. The van der Waals surface area contributed by atoms with E-state index in [2.05, 4.69) is 24.8 Å². The first-order valence-electron chi connectivity index (χ1n) is 4.69. The summed E-state index contributed by atoms with van der Waals surface area (Å²) in [5.41, 5.74) is 1.21. The van der Waals surface area contributed by atoms with E-state index in [0.717, 1.165) is 12.4 Å². The summed E-state index contributed by atoms with van der Waals surface area (Å²) in [7, 11) is 5.46. The van der Waals surface area contributed by atoms with Gasteiger partial charge in [0.1, 0.15) is 0 Å². The summed E-state index contributed by atoms with van der Waals surface area (Å²) in [5, 5.41) is 0. The van der Waals surface area contributed by atoms with E-state index in [-0.39, 0.29) is 0 Å². The van der Waals surface area contributed by atoms with E-state index < -0.39 is 0 Å². The monoisotopic (exact) mass is 256 g/mol. The van der Waals surface area contributed by atoms with E-state index in [1.165, 1.54) is 10.5 Å². The molecule has 1 aromatic carbocycles. The van der Waals surface area contributed by atoms with Crippen LogP contribution in [0.2, 0.25) is 0 Å². The van der Waals surface area contributed by atoms with Gasteiger partial charge in [-0.15, -0.1) is 0 Å². The van der Waals surface area contributed by atoms with Crippen molar-refractivity contribution >= 4 is 37.5 Å². The highest BCUT2D eigenvalue weighted by molar-refractivity contribution is 9.09. The van der Waals surface area contributed by atoms with Gasteiger partial charge in [-0.2, -0.15) is 0 Å². The molecule has 0 saturated carbocycles. The number of hydrogen-bond acceptors (Lipinski definition) is 4. The zero-order chi connectivity index (χ0) is 10.5. The molecule has 4 heteroatoms. The van der Waals surface area contributed by atoms with Gasteiger partial charge in [0, 0.05) is 10.6 Å². The van der Waals surface area contributed by atoms with Gasteiger partial charge >= 0.3 is 0 Å². The topological polar surface area (TPSA) is 12.5 Å². The Labute approximate surface area is 102 Å². The molecule has 0 aliphatic carbocycles. The Hall–Kier alpha value is -0.0300. The van der Waals surface area contributed by atoms with Crippen LogP contribution in [0.3, 0.4) is 0 Å². The fourth-order valence-corrected chi connectivity index (χ4v) is 4.99. The normalized spacial score (nSPS) is 18.8. The van der Waals surface area contributed by atoms with Crippen LogP contribution in [0.1, 0.15) is 5.56 Å². The second-order valence-corrected chi connectivity index (χ2v) is 7.28. The highest BCUT2D eigenvalue weighted by Crippen LogP contribution is 2.42. The first kappa shape index (κ1) is 11.5. The zero-order valence-corrected chi connectivity index (χ0v) is 10.7. The predicted molar refractivity (Wildman–Crippen MR) is 72.2 cm³/mol. The third-order valence-electron chi connectivity index (χ3n) is 1.97. The molecular formula is C11H12OS3. The van der Waals surface area contributed by atoms with Crippen molar-refractivity contribution in [1.82, 2.24) is 0 Å². The Morgan fingerprint density at radius 2 is 2.27 bits per heavy atom. The smallest absolute Gasteiger partial charge is 0.0908 e. The molecule has 1 aromatic rings. The molecule has 1 atom stereocenters. The molecule has 0 N–H and O–H groups in total. The van der Waals surface area contributed by atoms with Gasteiger partial charge in [-0.25, -0.2) is 0 Å². The van der Waals surface area contributed by atoms with Crippen molar-refractivity contribution < 1.29 is 4.74 Å². The van der Waals surface area contributed by atoms with Crippen LogP contribution < -0.4 is 0 Å². The van der Waals surface area contributed by atoms with Crippen LogP contribution in [0.25, 0.3) is 6.08 Å². The highest BCUT2D eigenvalue weighted by Gasteiger charge is 2.22. The molecule has 1 nitrogen and oxygen atoms in total. The Kier molecular flexibility index (Phi) is 4.50. The predicted octanol–water partition coefficient (Wildman–Crippen LogP) is 4.12. The van der Waals surface area contributed by atoms with Crippen LogP contribution >= 0.6 is 31.4 Å². The highest BCUT2D eigenvalue weighted by atomic mass is 33.5. The number of epoxide rings is 1. The van der Waals surface area contributed by atoms with Gasteiger partial charge in [-0.1, -0.05) is 41.6 Å². The zero-order valence-electron chi connectivity index (χ0n) is 8.22. The van der Waals surface area contributed by atoms with Gasteiger partial charge in [0.25, 0.3) is 0 Å². The van der Waals surface area contributed by atoms with Crippen LogP contribution in [0.15, 0.2) is 35.7 Å². The minimum Gasteiger partial charge on any atom is -0.372 e. The maximum absolute atomic E-state index is 5.15. The Bertz CT molecular complexity index is 336. The summed E-state index contributed by atoms with van der Waals surface area (Å²) in [4.78, 5) is 1.28. The molecule has 1 fully saturated rings. The van der Waals surface area contributed by atoms with Crippen molar-refractivity contribution in [1.29, 1.82) is 0 Å². The summed E-state index contributed by atoms with van der Waals surface area (Å²) in [6.45, 7) is 4.75. The third-order valence-corrected chi connectivity index (χ3v) is 6.11. The molecule has 0 spiro atoms. The number of hydrogen-bond donors (Lipinski definition) is 0. The van der Waals surface area contributed by atoms with Crippen LogP contribution in [0.5, 0.6) is 0 Å². The van der Waals surface area contributed by atoms with Gasteiger partial charge in [-0.3, -0.25) is 0 Å². The van der Waals surface area contributed by atoms with E-state index in [1.807, 2.05) is 32.8 Å². The summed E-state index contributed by atoms with van der Waals surface area (Å²) in [6.07, 6.45) is 2.41. The number of benzene rings is 1. The molecular weight excluding hydrogens is 244 g/mol. The fourth-order valence-electron chi connectivity index (χ4n) is 1.05. The fraction of sp³-hybridized carbons (Fsp3) is 0.273. The molecule has 1 heterocycles. The Morgan fingerprint density at radius 1 is 1.47 bits per heavy atom. The number of rotatable bonds is 6. The minimum absolute atomic E-state index is 0.512. The maximum Gasteiger partial charge on any atom is 0.0908 e. The lowest BCUT2D eigenvalue weighted by Crippen LogP contribution is -1.84. The van der Waals surface area contributed by atoms with E-state index in [9.17, 15) is 0 Å². The minimum atomic E-state index is 0.512. The van der Waals surface area contributed by atoms with Crippen molar-refractivity contribution in [2.24, 2.45) is 0 Å². The summed E-state index contributed by atoms with van der Waals surface area (Å²) >= 11 is 0. The SMILES string of the molecule is C=Cc1ccccc1SSSCC1CO1. The van der Waals surface area contributed by atoms with Crippen molar-refractivity contribution in [3.63, 3.8) is 0 Å². The first-order valence-corrected chi connectivity index (χ1v) is 8.34. The molecule has 2 rings (SSSR count). The average molecular weight is 256 g/mol. The van der Waals surface area contributed by atoms with Crippen LogP contribution in [0, 0.1) is 0 Å². The molecule has 0 amide bonds. The lowest BCUT2D eigenvalue weighted by molar-refractivity contribution is 0.426. The molecule has 1 unspecified atom stereocenters. The summed E-state index contributed by atoms with van der Waals surface area (Å²) < 4.78 is 5.15. The van der Waals surface area contributed by atoms with Crippen LogP contribution in [-0.2, 0) is 4.74 Å². The van der Waals surface area contributed by atoms with Gasteiger partial charge in [-0.05, 0) is 32.2 Å². The Balaban J connectivity index is 1.78. The van der Waals surface area contributed by atoms with Crippen LogP contribution in [-0.4, -0.2) is 18.5 Å².